The molecule has 9 heteroatoms. The van der Waals surface area contributed by atoms with Gasteiger partial charge in [-0.3, -0.25) is 0 Å². The smallest absolute Gasteiger partial charge is 0.162 e. The van der Waals surface area contributed by atoms with E-state index in [1.807, 2.05) is 0 Å². The van der Waals surface area contributed by atoms with Crippen molar-refractivity contribution in [2.45, 2.75) is 6.10 Å². The van der Waals surface area contributed by atoms with E-state index in [-0.39, 0.29) is 11.9 Å². The van der Waals surface area contributed by atoms with Crippen LogP contribution in [0.4, 0.5) is 15.9 Å². The maximum absolute atomic E-state index is 14.3. The molecule has 1 N–H and O–H groups in total. The van der Waals surface area contributed by atoms with Crippen LogP contribution in [0.15, 0.2) is 41.1 Å². The van der Waals surface area contributed by atoms with Crippen molar-refractivity contribution < 1.29 is 18.6 Å². The lowest BCUT2D eigenvalue weighted by molar-refractivity contribution is -0.0406. The molecule has 4 rings (SSSR count). The van der Waals surface area contributed by atoms with E-state index in [9.17, 15) is 4.39 Å². The van der Waals surface area contributed by atoms with Crippen molar-refractivity contribution in [3.8, 4) is 11.5 Å². The maximum Gasteiger partial charge on any atom is 0.162 e. The van der Waals surface area contributed by atoms with Crippen LogP contribution in [0.1, 0.15) is 0 Å². The van der Waals surface area contributed by atoms with E-state index < -0.39 is 0 Å². The van der Waals surface area contributed by atoms with Crippen LogP contribution in [0.2, 0.25) is 0 Å². The van der Waals surface area contributed by atoms with Gasteiger partial charge < -0.3 is 24.4 Å². The second kappa shape index (κ2) is 9.11. The lowest BCUT2D eigenvalue weighted by Gasteiger charge is -2.30. The third-order valence-corrected chi connectivity index (χ3v) is 5.36. The highest BCUT2D eigenvalue weighted by Crippen LogP contribution is 2.35. The van der Waals surface area contributed by atoms with Gasteiger partial charge in [-0.2, -0.15) is 0 Å². The number of ether oxygens (including phenoxy) is 3. The Morgan fingerprint density at radius 1 is 1.27 bits per heavy atom. The van der Waals surface area contributed by atoms with Gasteiger partial charge in [-0.25, -0.2) is 14.4 Å². The number of benzene rings is 2. The van der Waals surface area contributed by atoms with Crippen molar-refractivity contribution in [3.63, 3.8) is 0 Å². The number of halogens is 2. The van der Waals surface area contributed by atoms with E-state index >= 15 is 0 Å². The van der Waals surface area contributed by atoms with Gasteiger partial charge in [0.25, 0.3) is 0 Å². The summed E-state index contributed by atoms with van der Waals surface area (Å²) in [5.41, 5.74) is 0.970. The number of nitrogens with zero attached hydrogens (tertiary/aromatic N) is 3. The molecular formula is C21H22BrFN4O3. The summed E-state index contributed by atoms with van der Waals surface area (Å²) in [4.78, 5) is 10.8. The van der Waals surface area contributed by atoms with Crippen LogP contribution in [0, 0.1) is 5.82 Å². The number of aromatic nitrogens is 2. The van der Waals surface area contributed by atoms with Gasteiger partial charge >= 0.3 is 0 Å². The van der Waals surface area contributed by atoms with Gasteiger partial charge in [-0.15, -0.1) is 0 Å². The molecular weight excluding hydrogens is 455 g/mol. The van der Waals surface area contributed by atoms with Crippen LogP contribution in [0.25, 0.3) is 10.9 Å². The zero-order valence-electron chi connectivity index (χ0n) is 16.7. The minimum absolute atomic E-state index is 0.0226. The summed E-state index contributed by atoms with van der Waals surface area (Å²) in [6.07, 6.45) is 1.40. The Bertz CT molecular complexity index is 1050. The Balaban J connectivity index is 1.63. The summed E-state index contributed by atoms with van der Waals surface area (Å²) in [5, 5.41) is 3.74. The normalized spacial score (nSPS) is 17.1. The number of anilines is 2. The summed E-state index contributed by atoms with van der Waals surface area (Å²) < 4.78 is 32.2. The summed E-state index contributed by atoms with van der Waals surface area (Å²) in [7, 11) is 3.64. The monoisotopic (exact) mass is 476 g/mol. The first-order chi connectivity index (χ1) is 14.5. The second-order valence-electron chi connectivity index (χ2n) is 7.06. The van der Waals surface area contributed by atoms with E-state index in [0.29, 0.717) is 51.6 Å². The van der Waals surface area contributed by atoms with Gasteiger partial charge in [-0.05, 0) is 31.3 Å². The van der Waals surface area contributed by atoms with E-state index in [1.165, 1.54) is 12.4 Å². The van der Waals surface area contributed by atoms with Gasteiger partial charge in [0.2, 0.25) is 0 Å². The van der Waals surface area contributed by atoms with Crippen molar-refractivity contribution in [3.05, 3.63) is 46.9 Å². The first-order valence-corrected chi connectivity index (χ1v) is 10.3. The molecule has 0 amide bonds. The molecule has 0 bridgehead atoms. The molecule has 1 aliphatic heterocycles. The number of methoxy groups -OCH3 is 1. The number of hydrogen-bond acceptors (Lipinski definition) is 7. The summed E-state index contributed by atoms with van der Waals surface area (Å²) in [5.74, 6) is 1.20. The topological polar surface area (TPSA) is 68.7 Å². The van der Waals surface area contributed by atoms with Gasteiger partial charge in [0.05, 0.1) is 24.9 Å². The molecule has 1 unspecified atom stereocenters. The number of rotatable bonds is 6. The van der Waals surface area contributed by atoms with Crippen LogP contribution in [-0.2, 0) is 4.74 Å². The van der Waals surface area contributed by atoms with Crippen molar-refractivity contribution >= 4 is 38.3 Å². The Hall–Kier alpha value is -2.49. The average molecular weight is 477 g/mol. The molecule has 158 valence electrons. The number of fused-ring (bicyclic) bond motifs is 1. The molecule has 1 atom stereocenters. The highest BCUT2D eigenvalue weighted by Gasteiger charge is 2.20. The molecule has 0 spiro atoms. The molecule has 1 saturated heterocycles. The molecule has 0 saturated carbocycles. The first-order valence-electron chi connectivity index (χ1n) is 9.51. The van der Waals surface area contributed by atoms with Crippen molar-refractivity contribution in [1.82, 2.24) is 14.9 Å². The summed E-state index contributed by atoms with van der Waals surface area (Å²) in [6.45, 7) is 2.79. The van der Waals surface area contributed by atoms with Crippen molar-refractivity contribution in [1.29, 1.82) is 0 Å². The fraction of sp³-hybridized carbons (Fsp3) is 0.333. The summed E-state index contributed by atoms with van der Waals surface area (Å²) >= 11 is 3.26. The maximum atomic E-state index is 14.3. The predicted molar refractivity (Wildman–Crippen MR) is 116 cm³/mol. The van der Waals surface area contributed by atoms with Crippen LogP contribution in [-0.4, -0.2) is 61.4 Å². The SMILES string of the molecule is COc1cc2ncnc(Nc3ccc(Br)cc3F)c2cc1OCC1CN(C)CCO1. The van der Waals surface area contributed by atoms with Crippen LogP contribution in [0.5, 0.6) is 11.5 Å². The fourth-order valence-electron chi connectivity index (χ4n) is 3.30. The van der Waals surface area contributed by atoms with Crippen LogP contribution in [0.3, 0.4) is 0 Å². The minimum Gasteiger partial charge on any atom is -0.493 e. The van der Waals surface area contributed by atoms with Crippen LogP contribution < -0.4 is 14.8 Å². The molecule has 3 aromatic rings. The molecule has 0 aliphatic carbocycles. The van der Waals surface area contributed by atoms with E-state index in [1.54, 1.807) is 31.4 Å². The van der Waals surface area contributed by atoms with Crippen molar-refractivity contribution in [2.75, 3.05) is 45.8 Å². The zero-order valence-corrected chi connectivity index (χ0v) is 18.3. The summed E-state index contributed by atoms with van der Waals surface area (Å²) in [6, 6.07) is 8.38. The Morgan fingerprint density at radius 3 is 2.90 bits per heavy atom. The van der Waals surface area contributed by atoms with Gasteiger partial charge in [-0.1, -0.05) is 15.9 Å². The van der Waals surface area contributed by atoms with Gasteiger partial charge in [0.1, 0.15) is 30.7 Å². The molecule has 2 heterocycles. The third kappa shape index (κ3) is 4.63. The second-order valence-corrected chi connectivity index (χ2v) is 7.97. The van der Waals surface area contributed by atoms with E-state index in [2.05, 4.69) is 43.2 Å². The molecule has 0 radical (unpaired) electrons. The van der Waals surface area contributed by atoms with Crippen molar-refractivity contribution in [2.24, 2.45) is 0 Å². The highest BCUT2D eigenvalue weighted by atomic mass is 79.9. The first kappa shape index (κ1) is 20.8. The third-order valence-electron chi connectivity index (χ3n) is 4.87. The minimum atomic E-state index is -0.389. The standard InChI is InChI=1S/C21H22BrFN4O3/c1-27-5-6-29-14(10-27)11-30-20-8-15-18(9-19(20)28-2)24-12-25-21(15)26-17-4-3-13(22)7-16(17)23/h3-4,7-9,12,14H,5-6,10-11H2,1-2H3,(H,24,25,26). The molecule has 1 fully saturated rings. The molecule has 1 aromatic heterocycles. The van der Waals surface area contributed by atoms with E-state index in [4.69, 9.17) is 14.2 Å². The number of hydrogen-bond donors (Lipinski definition) is 1. The zero-order chi connectivity index (χ0) is 21.1. The lowest BCUT2D eigenvalue weighted by atomic mass is 10.2. The molecule has 7 nitrogen and oxygen atoms in total. The van der Waals surface area contributed by atoms with Gasteiger partial charge in [0.15, 0.2) is 11.5 Å². The van der Waals surface area contributed by atoms with Crippen LogP contribution >= 0.6 is 15.9 Å². The molecule has 30 heavy (non-hydrogen) atoms. The van der Waals surface area contributed by atoms with Gasteiger partial charge in [0, 0.05) is 29.0 Å². The number of likely N-dealkylation sites (N-methyl/N-ethyl adjacent to an activating group) is 1. The quantitative estimate of drug-likeness (QED) is 0.576. The predicted octanol–water partition coefficient (Wildman–Crippen LogP) is 3.99. The Kier molecular flexibility index (Phi) is 6.31. The lowest BCUT2D eigenvalue weighted by Crippen LogP contribution is -2.42. The molecule has 2 aromatic carbocycles. The average Bonchev–Trinajstić information content (AvgIpc) is 2.74. The molecule has 1 aliphatic rings. The Labute approximate surface area is 182 Å². The van der Waals surface area contributed by atoms with E-state index in [0.717, 1.165) is 13.1 Å². The Morgan fingerprint density at radius 2 is 2.13 bits per heavy atom. The highest BCUT2D eigenvalue weighted by molar-refractivity contribution is 9.10. The fourth-order valence-corrected chi connectivity index (χ4v) is 3.64. The number of morpholine rings is 1. The number of nitrogens with one attached hydrogen (secondary N) is 1. The largest absolute Gasteiger partial charge is 0.493 e.